The molecule has 0 bridgehead atoms. The Morgan fingerprint density at radius 2 is 0.980 bits per heavy atom. The molecule has 1 saturated carbocycles. The maximum atomic E-state index is 8.03. The smallest absolute Gasteiger partial charge is 0.213 e. The van der Waals surface area contributed by atoms with Gasteiger partial charge in [-0.05, 0) is 93.8 Å². The van der Waals surface area contributed by atoms with Crippen LogP contribution in [0.3, 0.4) is 0 Å². The summed E-state index contributed by atoms with van der Waals surface area (Å²) in [6.07, 6.45) is 3.70. The second-order valence-electron chi connectivity index (χ2n) is 19.4. The van der Waals surface area contributed by atoms with Gasteiger partial charge in [0.15, 0.2) is 0 Å². The van der Waals surface area contributed by atoms with Crippen LogP contribution in [0.25, 0.3) is 0 Å². The molecule has 2 fully saturated rings. The third-order valence-corrected chi connectivity index (χ3v) is 15.5. The minimum atomic E-state index is -2.97. The first-order chi connectivity index (χ1) is 22.5. The van der Waals surface area contributed by atoms with Crippen LogP contribution in [-0.4, -0.2) is 18.2 Å². The lowest BCUT2D eigenvalue weighted by atomic mass is 9.71. The van der Waals surface area contributed by atoms with Crippen LogP contribution in [0.4, 0.5) is 11.4 Å². The molecule has 1 aliphatic heterocycles. The molecule has 276 valence electrons. The zero-order chi connectivity index (χ0) is 37.0. The second kappa shape index (κ2) is 15.0. The summed E-state index contributed by atoms with van der Waals surface area (Å²) < 4.78 is 13.6. The third-order valence-electron chi connectivity index (χ3n) is 11.7. The maximum Gasteiger partial charge on any atom is 0.213 e. The molecule has 4 rings (SSSR count). The number of anilines is 2. The predicted molar refractivity (Wildman–Crippen MR) is 221 cm³/mol. The predicted octanol–water partition coefficient (Wildman–Crippen LogP) is 14.0. The molecule has 2 aromatic carbocycles. The lowest BCUT2D eigenvalue weighted by Crippen LogP contribution is -2.53. The zero-order valence-corrected chi connectivity index (χ0v) is 36.2. The molecule has 2 aromatic rings. The first kappa shape index (κ1) is 40.5. The Morgan fingerprint density at radius 1 is 0.633 bits per heavy atom. The van der Waals surface area contributed by atoms with Crippen LogP contribution >= 0.6 is 6.99 Å². The van der Waals surface area contributed by atoms with Gasteiger partial charge in [-0.1, -0.05) is 154 Å². The molecule has 0 N–H and O–H groups in total. The Kier molecular flexibility index (Phi) is 12.4. The number of rotatable bonds is 9. The highest BCUT2D eigenvalue weighted by atomic mass is 32.7. The molecule has 0 unspecified atom stereocenters. The van der Waals surface area contributed by atoms with Gasteiger partial charge in [-0.15, -0.1) is 0 Å². The van der Waals surface area contributed by atoms with E-state index in [1.165, 1.54) is 46.5 Å². The van der Waals surface area contributed by atoms with Crippen LogP contribution in [0.2, 0.25) is 0 Å². The molecule has 0 spiro atoms. The van der Waals surface area contributed by atoms with E-state index >= 15 is 0 Å². The summed E-state index contributed by atoms with van der Waals surface area (Å²) in [5, 5.41) is 0. The first-order valence-corrected chi connectivity index (χ1v) is 22.3. The van der Waals surface area contributed by atoms with E-state index in [9.17, 15) is 0 Å². The van der Waals surface area contributed by atoms with Gasteiger partial charge in [0.25, 0.3) is 0 Å². The van der Waals surface area contributed by atoms with Crippen LogP contribution in [0.15, 0.2) is 36.4 Å². The average Bonchev–Trinajstić information content (AvgIpc) is 3.26. The summed E-state index contributed by atoms with van der Waals surface area (Å²) >= 11 is 7.53. The summed E-state index contributed by atoms with van der Waals surface area (Å²) in [5.74, 6) is 3.19. The Morgan fingerprint density at radius 3 is 1.27 bits per heavy atom. The van der Waals surface area contributed by atoms with Crippen molar-refractivity contribution in [3.63, 3.8) is 0 Å². The minimum absolute atomic E-state index is 0.0815. The molecule has 3 nitrogen and oxygen atoms in total. The molecule has 5 heteroatoms. The standard InChI is InChI=1S/C44H73N2OPS/c1-27(2)33-25-24-32(11)38(26-33)47-48(49)45(39-34(28(3)4)20-18-21-35(39)29(5)6)41(43(12,13)14)42(44(15,16)17)46(48)40-36(30(7)8)22-19-23-37(40)31(9)10/h18-23,27-33,38,41-42H,24-26H2,1-17H3/t32-,33-,38+,41-,42-/m1/s1. The number of benzene rings is 2. The van der Waals surface area contributed by atoms with Gasteiger partial charge < -0.3 is 12.2 Å². The van der Waals surface area contributed by atoms with Crippen LogP contribution < -0.4 is 9.34 Å². The molecule has 1 heterocycles. The summed E-state index contributed by atoms with van der Waals surface area (Å²) in [6, 6.07) is 14.3. The molecule has 0 radical (unpaired) electrons. The first-order valence-electron chi connectivity index (χ1n) is 19.7. The summed E-state index contributed by atoms with van der Waals surface area (Å²) in [5.41, 5.74) is 8.12. The van der Waals surface area contributed by atoms with Crippen molar-refractivity contribution in [1.29, 1.82) is 0 Å². The normalized spacial score (nSPS) is 25.2. The van der Waals surface area contributed by atoms with Gasteiger partial charge >= 0.3 is 0 Å². The van der Waals surface area contributed by atoms with E-state index < -0.39 is 6.99 Å². The van der Waals surface area contributed by atoms with Gasteiger partial charge in [0.05, 0.1) is 23.5 Å². The number of hydrogen-bond donors (Lipinski definition) is 0. The fourth-order valence-corrected chi connectivity index (χ4v) is 13.8. The highest BCUT2D eigenvalue weighted by Gasteiger charge is 2.67. The van der Waals surface area contributed by atoms with Gasteiger partial charge in [0.1, 0.15) is 6.10 Å². The lowest BCUT2D eigenvalue weighted by molar-refractivity contribution is 0.0686. The van der Waals surface area contributed by atoms with E-state index in [1.54, 1.807) is 0 Å². The fourth-order valence-electron chi connectivity index (χ4n) is 8.79. The Hall–Kier alpha value is -1.22. The molecule has 49 heavy (non-hydrogen) atoms. The molecule has 2 aliphatic rings. The zero-order valence-electron chi connectivity index (χ0n) is 34.5. The monoisotopic (exact) mass is 709 g/mol. The van der Waals surface area contributed by atoms with Crippen LogP contribution in [0.1, 0.15) is 183 Å². The molecule has 1 saturated heterocycles. The van der Waals surface area contributed by atoms with E-state index in [-0.39, 0.29) is 29.0 Å². The van der Waals surface area contributed by atoms with Crippen molar-refractivity contribution in [3.05, 3.63) is 58.7 Å². The molecule has 0 amide bonds. The van der Waals surface area contributed by atoms with Gasteiger partial charge in [0.2, 0.25) is 6.99 Å². The molecular weight excluding hydrogens is 636 g/mol. The highest BCUT2D eigenvalue weighted by Crippen LogP contribution is 2.78. The molecular formula is C44H73N2OPS. The van der Waals surface area contributed by atoms with Crippen LogP contribution in [-0.2, 0) is 16.8 Å². The number of para-hydroxylation sites is 2. The van der Waals surface area contributed by atoms with Gasteiger partial charge in [-0.2, -0.15) is 0 Å². The van der Waals surface area contributed by atoms with Crippen LogP contribution in [0.5, 0.6) is 0 Å². The van der Waals surface area contributed by atoms with Gasteiger partial charge in [0, 0.05) is 0 Å². The minimum Gasteiger partial charge on any atom is -0.474 e. The Labute approximate surface area is 309 Å². The van der Waals surface area contributed by atoms with Crippen molar-refractivity contribution < 1.29 is 4.52 Å². The Bertz CT molecular complexity index is 1280. The van der Waals surface area contributed by atoms with Crippen molar-refractivity contribution in [2.45, 2.75) is 179 Å². The third kappa shape index (κ3) is 7.93. The van der Waals surface area contributed by atoms with Crippen molar-refractivity contribution in [2.24, 2.45) is 28.6 Å². The number of nitrogens with zero attached hydrogens (tertiary/aromatic N) is 2. The van der Waals surface area contributed by atoms with Crippen molar-refractivity contribution in [1.82, 2.24) is 0 Å². The summed E-state index contributed by atoms with van der Waals surface area (Å²) in [7, 11) is 0. The molecule has 5 atom stereocenters. The average molecular weight is 709 g/mol. The summed E-state index contributed by atoms with van der Waals surface area (Å²) in [4.78, 5) is 0. The molecule has 0 aromatic heterocycles. The van der Waals surface area contributed by atoms with E-state index in [0.29, 0.717) is 41.4 Å². The highest BCUT2D eigenvalue weighted by molar-refractivity contribution is 8.41. The van der Waals surface area contributed by atoms with Crippen molar-refractivity contribution >= 4 is 30.6 Å². The quantitative estimate of drug-likeness (QED) is 0.190. The lowest BCUT2D eigenvalue weighted by Gasteiger charge is -2.48. The topological polar surface area (TPSA) is 15.7 Å². The molecule has 1 aliphatic carbocycles. The van der Waals surface area contributed by atoms with Crippen molar-refractivity contribution in [2.75, 3.05) is 9.34 Å². The van der Waals surface area contributed by atoms with Crippen LogP contribution in [0, 0.1) is 28.6 Å². The Balaban J connectivity index is 2.23. The van der Waals surface area contributed by atoms with Gasteiger partial charge in [-0.25, -0.2) is 13.9 Å². The van der Waals surface area contributed by atoms with E-state index in [1.807, 2.05) is 0 Å². The van der Waals surface area contributed by atoms with E-state index in [4.69, 9.17) is 16.8 Å². The number of hydrogen-bond acceptors (Lipinski definition) is 4. The van der Waals surface area contributed by atoms with E-state index in [0.717, 1.165) is 6.42 Å². The fraction of sp³-hybridized carbons (Fsp3) is 0.727. The second-order valence-corrected chi connectivity index (χ2v) is 22.9. The van der Waals surface area contributed by atoms with Crippen molar-refractivity contribution in [3.8, 4) is 0 Å². The summed E-state index contributed by atoms with van der Waals surface area (Å²) in [6.45, 7) is 37.8. The largest absolute Gasteiger partial charge is 0.474 e. The van der Waals surface area contributed by atoms with E-state index in [2.05, 4.69) is 163 Å². The van der Waals surface area contributed by atoms with Gasteiger partial charge in [-0.3, -0.25) is 0 Å². The SMILES string of the molecule is CC(C)c1cccc(C(C)C)c1N1[C@@H](C(C)(C)C)[C@H](C(C)(C)C)N(c2c(C(C)C)cccc2C(C)C)[P+]1([S-])O[C@H]1C[C@H](C(C)C)CC[C@H]1C. The maximum absolute atomic E-state index is 8.03.